The SMILES string of the molecule is CON=C(C(=O)NC1C(=O)N2C(C(=O)O)=C(SCC3COCO3)CS[C@@H]12)c1csc(N)n1. The molecular formula is C17H19N5O7S3. The third kappa shape index (κ3) is 4.43. The number of nitrogens with one attached hydrogen (secondary N) is 1. The number of fused-ring (bicyclic) bond motifs is 1. The van der Waals surface area contributed by atoms with E-state index in [1.807, 2.05) is 0 Å². The van der Waals surface area contributed by atoms with Crippen molar-refractivity contribution in [3.05, 3.63) is 21.7 Å². The normalized spacial score (nSPS) is 25.4. The van der Waals surface area contributed by atoms with Gasteiger partial charge >= 0.3 is 5.97 Å². The molecule has 0 radical (unpaired) electrons. The van der Waals surface area contributed by atoms with Crippen LogP contribution in [0.3, 0.4) is 0 Å². The minimum Gasteiger partial charge on any atom is -0.477 e. The van der Waals surface area contributed by atoms with Gasteiger partial charge in [-0.05, 0) is 0 Å². The number of hydrogen-bond acceptors (Lipinski definition) is 12. The quantitative estimate of drug-likeness (QED) is 0.247. The van der Waals surface area contributed by atoms with Crippen LogP contribution in [0.25, 0.3) is 0 Å². The van der Waals surface area contributed by atoms with E-state index in [9.17, 15) is 19.5 Å². The molecule has 2 amide bonds. The van der Waals surface area contributed by atoms with E-state index in [2.05, 4.69) is 15.5 Å². The van der Waals surface area contributed by atoms with Gasteiger partial charge in [-0.25, -0.2) is 9.78 Å². The van der Waals surface area contributed by atoms with E-state index >= 15 is 0 Å². The highest BCUT2D eigenvalue weighted by Gasteiger charge is 2.54. The molecular weight excluding hydrogens is 482 g/mol. The molecule has 0 aromatic carbocycles. The number of rotatable bonds is 8. The fourth-order valence-corrected chi connectivity index (χ4v) is 6.45. The lowest BCUT2D eigenvalue weighted by molar-refractivity contribution is -0.150. The van der Waals surface area contributed by atoms with Gasteiger partial charge in [-0.2, -0.15) is 0 Å². The summed E-state index contributed by atoms with van der Waals surface area (Å²) in [4.78, 5) is 48.0. The molecule has 1 aromatic rings. The van der Waals surface area contributed by atoms with Crippen LogP contribution < -0.4 is 11.1 Å². The summed E-state index contributed by atoms with van der Waals surface area (Å²) in [6.07, 6.45) is -0.123. The largest absolute Gasteiger partial charge is 0.477 e. The number of aromatic nitrogens is 1. The summed E-state index contributed by atoms with van der Waals surface area (Å²) >= 11 is 3.84. The van der Waals surface area contributed by atoms with E-state index < -0.39 is 29.2 Å². The number of nitrogens with zero attached hydrogens (tertiary/aromatic N) is 3. The maximum Gasteiger partial charge on any atom is 0.353 e. The van der Waals surface area contributed by atoms with E-state index in [1.54, 1.807) is 5.38 Å². The number of aliphatic carboxylic acids is 1. The fourth-order valence-electron chi connectivity index (χ4n) is 3.27. The summed E-state index contributed by atoms with van der Waals surface area (Å²) in [5.74, 6) is -1.47. The van der Waals surface area contributed by atoms with Crippen LogP contribution in [0.2, 0.25) is 0 Å². The Morgan fingerprint density at radius 3 is 2.97 bits per heavy atom. The molecule has 0 aliphatic carbocycles. The standard InChI is InChI=1S/C17H19N5O7S3/c1-27-21-10(8-4-32-17(18)19-8)13(23)20-11-14(24)22-12(16(25)26)9(5-31-15(11)22)30-3-7-2-28-6-29-7/h4,7,11,15H,2-3,5-6H2,1H3,(H2,18,19)(H,20,23)(H,25,26)/t7?,11?,15-/m0/s1. The maximum atomic E-state index is 12.8. The summed E-state index contributed by atoms with van der Waals surface area (Å²) in [5, 5.41) is 17.3. The number of carbonyl (C=O) groups is 3. The van der Waals surface area contributed by atoms with Gasteiger partial charge in [0.05, 0.1) is 12.7 Å². The molecule has 12 nitrogen and oxygen atoms in total. The monoisotopic (exact) mass is 501 g/mol. The first-order valence-electron chi connectivity index (χ1n) is 9.27. The Balaban J connectivity index is 1.46. The van der Waals surface area contributed by atoms with Gasteiger partial charge in [0.15, 0.2) is 10.8 Å². The Kier molecular flexibility index (Phi) is 6.90. The molecule has 4 N–H and O–H groups in total. The lowest BCUT2D eigenvalue weighted by atomic mass is 10.0. The number of nitrogen functional groups attached to an aromatic ring is 1. The van der Waals surface area contributed by atoms with Crippen LogP contribution in [-0.2, 0) is 28.7 Å². The molecule has 0 bridgehead atoms. The zero-order valence-electron chi connectivity index (χ0n) is 16.7. The lowest BCUT2D eigenvalue weighted by Crippen LogP contribution is -2.71. The topological polar surface area (TPSA) is 166 Å². The van der Waals surface area contributed by atoms with Crippen molar-refractivity contribution in [1.29, 1.82) is 0 Å². The number of thiazole rings is 1. The van der Waals surface area contributed by atoms with E-state index in [-0.39, 0.29) is 35.1 Å². The first kappa shape index (κ1) is 22.8. The van der Waals surface area contributed by atoms with Crippen molar-refractivity contribution < 1.29 is 33.8 Å². The van der Waals surface area contributed by atoms with Gasteiger partial charge in [-0.1, -0.05) is 5.16 Å². The lowest BCUT2D eigenvalue weighted by Gasteiger charge is -2.49. The predicted molar refractivity (Wildman–Crippen MR) is 118 cm³/mol. The summed E-state index contributed by atoms with van der Waals surface area (Å²) in [6.45, 7) is 0.673. The highest BCUT2D eigenvalue weighted by Crippen LogP contribution is 2.43. The van der Waals surface area contributed by atoms with Crippen molar-refractivity contribution in [2.75, 3.05) is 37.7 Å². The number of hydrogen-bond donors (Lipinski definition) is 3. The second-order valence-electron chi connectivity index (χ2n) is 6.72. The molecule has 4 heterocycles. The zero-order chi connectivity index (χ0) is 22.8. The summed E-state index contributed by atoms with van der Waals surface area (Å²) in [6, 6.07) is -0.905. The molecule has 2 fully saturated rings. The molecule has 2 saturated heterocycles. The van der Waals surface area contributed by atoms with E-state index in [0.29, 0.717) is 23.0 Å². The second kappa shape index (κ2) is 9.66. The van der Waals surface area contributed by atoms with E-state index in [0.717, 1.165) is 11.3 Å². The van der Waals surface area contributed by atoms with Crippen LogP contribution in [0, 0.1) is 0 Å². The molecule has 3 atom stereocenters. The second-order valence-corrected chi connectivity index (χ2v) is 9.83. The molecule has 2 unspecified atom stereocenters. The summed E-state index contributed by atoms with van der Waals surface area (Å²) in [5.41, 5.74) is 5.65. The maximum absolute atomic E-state index is 12.8. The number of carbonyl (C=O) groups excluding carboxylic acids is 2. The van der Waals surface area contributed by atoms with Crippen LogP contribution in [0.5, 0.6) is 0 Å². The third-order valence-electron chi connectivity index (χ3n) is 4.72. The molecule has 4 rings (SSSR count). The Bertz CT molecular complexity index is 991. The molecule has 172 valence electrons. The summed E-state index contributed by atoms with van der Waals surface area (Å²) < 4.78 is 10.5. The van der Waals surface area contributed by atoms with Gasteiger partial charge < -0.3 is 30.5 Å². The van der Waals surface area contributed by atoms with Crippen LogP contribution in [0.4, 0.5) is 5.13 Å². The van der Waals surface area contributed by atoms with Gasteiger partial charge in [0.1, 0.15) is 36.7 Å². The van der Waals surface area contributed by atoms with Gasteiger partial charge in [0, 0.05) is 21.8 Å². The number of carboxylic acid groups (broad SMARTS) is 1. The van der Waals surface area contributed by atoms with Crippen LogP contribution in [-0.4, -0.2) is 88.0 Å². The first-order chi connectivity index (χ1) is 15.4. The van der Waals surface area contributed by atoms with Gasteiger partial charge in [0.25, 0.3) is 11.8 Å². The van der Waals surface area contributed by atoms with Crippen LogP contribution >= 0.6 is 34.9 Å². The minimum atomic E-state index is -1.20. The third-order valence-corrected chi connectivity index (χ3v) is 8.08. The van der Waals surface area contributed by atoms with Crippen molar-refractivity contribution in [1.82, 2.24) is 15.2 Å². The van der Waals surface area contributed by atoms with Crippen LogP contribution in [0.1, 0.15) is 5.69 Å². The van der Waals surface area contributed by atoms with E-state index in [4.69, 9.17) is 20.0 Å². The molecule has 32 heavy (non-hydrogen) atoms. The molecule has 15 heteroatoms. The van der Waals surface area contributed by atoms with Gasteiger partial charge in [-0.3, -0.25) is 14.5 Å². The Labute approximate surface area is 194 Å². The number of carboxylic acids is 1. The summed E-state index contributed by atoms with van der Waals surface area (Å²) in [7, 11) is 1.28. The Morgan fingerprint density at radius 1 is 1.53 bits per heavy atom. The van der Waals surface area contributed by atoms with Gasteiger partial charge in [0.2, 0.25) is 0 Å². The molecule has 0 spiro atoms. The molecule has 3 aliphatic rings. The highest BCUT2D eigenvalue weighted by molar-refractivity contribution is 8.06. The van der Waals surface area contributed by atoms with Crippen molar-refractivity contribution in [3.63, 3.8) is 0 Å². The van der Waals surface area contributed by atoms with Crippen LogP contribution in [0.15, 0.2) is 21.1 Å². The average Bonchev–Trinajstić information content (AvgIpc) is 3.45. The number of β-lactam (4-membered cyclic amide) rings is 1. The fraction of sp³-hybridized carbons (Fsp3) is 0.471. The molecule has 1 aromatic heterocycles. The molecule has 3 aliphatic heterocycles. The number of oxime groups is 1. The minimum absolute atomic E-state index is 0.0637. The van der Waals surface area contributed by atoms with Crippen molar-refractivity contribution in [2.24, 2.45) is 5.16 Å². The number of nitrogens with two attached hydrogens (primary N) is 1. The Morgan fingerprint density at radius 2 is 2.34 bits per heavy atom. The smallest absolute Gasteiger partial charge is 0.353 e. The average molecular weight is 502 g/mol. The number of amides is 2. The predicted octanol–water partition coefficient (Wildman–Crippen LogP) is -0.122. The molecule has 0 saturated carbocycles. The van der Waals surface area contributed by atoms with Crippen molar-refractivity contribution >= 4 is 63.5 Å². The van der Waals surface area contributed by atoms with Crippen molar-refractivity contribution in [3.8, 4) is 0 Å². The highest BCUT2D eigenvalue weighted by atomic mass is 32.2. The van der Waals surface area contributed by atoms with Crippen molar-refractivity contribution in [2.45, 2.75) is 17.5 Å². The Hall–Kier alpha value is -2.33. The number of thioether (sulfide) groups is 2. The first-order valence-corrected chi connectivity index (χ1v) is 12.2. The number of anilines is 1. The zero-order valence-corrected chi connectivity index (χ0v) is 19.1. The van der Waals surface area contributed by atoms with E-state index in [1.165, 1.54) is 35.5 Å². The van der Waals surface area contributed by atoms with Gasteiger partial charge in [-0.15, -0.1) is 34.9 Å². The number of ether oxygens (including phenoxy) is 2.